The maximum absolute atomic E-state index is 13.7. The third-order valence-corrected chi connectivity index (χ3v) is 11.5. The van der Waals surface area contributed by atoms with Gasteiger partial charge in [0.1, 0.15) is 23.4 Å². The Balaban J connectivity index is 1.38. The number of carbonyl (C=O) groups excluding carboxylic acids is 4. The van der Waals surface area contributed by atoms with Gasteiger partial charge in [-0.15, -0.1) is 11.3 Å². The van der Waals surface area contributed by atoms with Gasteiger partial charge in [0.05, 0.1) is 18.0 Å². The lowest BCUT2D eigenvalue weighted by Crippen LogP contribution is -2.57. The Bertz CT molecular complexity index is 1640. The summed E-state index contributed by atoms with van der Waals surface area (Å²) < 4.78 is 5.59. The SMILES string of the molecule is CC[C@H](C)[C@H](NC(=O)[C@H]1CCCCN1C)C(=O)N[C@H](C[C@@H](N)c1nc(C(=O)N[C@@H](Cc2ccccc2)C[C@H](C)C(=O)OCc2ccccc2)cs1)C(C)C. The van der Waals surface area contributed by atoms with E-state index in [0.29, 0.717) is 24.3 Å². The number of nitrogens with two attached hydrogens (primary N) is 1. The van der Waals surface area contributed by atoms with E-state index in [9.17, 15) is 19.2 Å². The third-order valence-electron chi connectivity index (χ3n) is 10.5. The highest BCUT2D eigenvalue weighted by Crippen LogP contribution is 2.24. The molecule has 5 N–H and O–H groups in total. The number of nitrogens with one attached hydrogen (secondary N) is 3. The van der Waals surface area contributed by atoms with E-state index in [-0.39, 0.29) is 66.0 Å². The first-order valence-corrected chi connectivity index (χ1v) is 20.3. The van der Waals surface area contributed by atoms with Crippen LogP contribution in [0.3, 0.4) is 0 Å². The van der Waals surface area contributed by atoms with Gasteiger partial charge in [-0.2, -0.15) is 0 Å². The van der Waals surface area contributed by atoms with Gasteiger partial charge in [-0.1, -0.05) is 108 Å². The summed E-state index contributed by atoms with van der Waals surface area (Å²) in [4.78, 5) is 60.3. The van der Waals surface area contributed by atoms with E-state index >= 15 is 0 Å². The first-order valence-electron chi connectivity index (χ1n) is 19.4. The van der Waals surface area contributed by atoms with Gasteiger partial charge < -0.3 is 26.4 Å². The van der Waals surface area contributed by atoms with Crippen molar-refractivity contribution in [3.8, 4) is 0 Å². The number of esters is 1. The van der Waals surface area contributed by atoms with Gasteiger partial charge in [-0.3, -0.25) is 24.1 Å². The van der Waals surface area contributed by atoms with Gasteiger partial charge in [-0.05, 0) is 68.7 Å². The topological polar surface area (TPSA) is 156 Å². The number of rotatable bonds is 19. The molecule has 0 spiro atoms. The number of hydrogen-bond acceptors (Lipinski definition) is 9. The molecular formula is C42H60N6O5S. The summed E-state index contributed by atoms with van der Waals surface area (Å²) in [5.74, 6) is -1.45. The van der Waals surface area contributed by atoms with Crippen molar-refractivity contribution < 1.29 is 23.9 Å². The molecule has 0 bridgehead atoms. The Hall–Kier alpha value is -4.13. The smallest absolute Gasteiger partial charge is 0.309 e. The number of hydrogen-bond donors (Lipinski definition) is 4. The lowest BCUT2D eigenvalue weighted by atomic mass is 9.93. The zero-order valence-corrected chi connectivity index (χ0v) is 33.6. The zero-order valence-electron chi connectivity index (χ0n) is 32.8. The van der Waals surface area contributed by atoms with Crippen LogP contribution < -0.4 is 21.7 Å². The Morgan fingerprint density at radius 1 is 0.926 bits per heavy atom. The van der Waals surface area contributed by atoms with Crippen molar-refractivity contribution in [3.63, 3.8) is 0 Å². The number of piperidine rings is 1. The summed E-state index contributed by atoms with van der Waals surface area (Å²) in [5, 5.41) is 11.7. The summed E-state index contributed by atoms with van der Waals surface area (Å²) >= 11 is 1.31. The van der Waals surface area contributed by atoms with Crippen LogP contribution in [0.25, 0.3) is 0 Å². The van der Waals surface area contributed by atoms with Gasteiger partial charge in [0.25, 0.3) is 5.91 Å². The highest BCUT2D eigenvalue weighted by molar-refractivity contribution is 7.09. The van der Waals surface area contributed by atoms with E-state index in [1.54, 1.807) is 5.38 Å². The van der Waals surface area contributed by atoms with Crippen LogP contribution in [-0.4, -0.2) is 71.3 Å². The van der Waals surface area contributed by atoms with Gasteiger partial charge in [0.15, 0.2) is 0 Å². The van der Waals surface area contributed by atoms with E-state index in [1.165, 1.54) is 11.3 Å². The first kappa shape index (κ1) is 42.6. The first-order chi connectivity index (χ1) is 25.9. The highest BCUT2D eigenvalue weighted by atomic mass is 32.1. The maximum Gasteiger partial charge on any atom is 0.309 e. The van der Waals surface area contributed by atoms with E-state index < -0.39 is 18.0 Å². The summed E-state index contributed by atoms with van der Waals surface area (Å²) in [6.45, 7) is 10.9. The molecule has 11 nitrogen and oxygen atoms in total. The van der Waals surface area contributed by atoms with Gasteiger partial charge in [0.2, 0.25) is 11.8 Å². The summed E-state index contributed by atoms with van der Waals surface area (Å²) in [7, 11) is 1.96. The lowest BCUT2D eigenvalue weighted by Gasteiger charge is -2.34. The maximum atomic E-state index is 13.7. The van der Waals surface area contributed by atoms with Crippen molar-refractivity contribution in [1.82, 2.24) is 25.8 Å². The summed E-state index contributed by atoms with van der Waals surface area (Å²) in [5.41, 5.74) is 8.88. The molecular weight excluding hydrogens is 701 g/mol. The quantitative estimate of drug-likeness (QED) is 0.112. The molecule has 1 fully saturated rings. The second kappa shape index (κ2) is 21.1. The van der Waals surface area contributed by atoms with Crippen LogP contribution in [0, 0.1) is 17.8 Å². The number of likely N-dealkylation sites (N-methyl/N-ethyl adjacent to an activating group) is 1. The minimum Gasteiger partial charge on any atom is -0.461 e. The van der Waals surface area contributed by atoms with Crippen molar-refractivity contribution in [3.05, 3.63) is 87.9 Å². The Morgan fingerprint density at radius 3 is 2.22 bits per heavy atom. The van der Waals surface area contributed by atoms with Crippen LogP contribution in [0.5, 0.6) is 0 Å². The number of thiazole rings is 1. The van der Waals surface area contributed by atoms with Gasteiger partial charge in [-0.25, -0.2) is 4.98 Å². The van der Waals surface area contributed by atoms with E-state index in [1.807, 2.05) is 102 Å². The number of ether oxygens (including phenoxy) is 1. The molecule has 1 aromatic heterocycles. The number of nitrogens with zero attached hydrogens (tertiary/aromatic N) is 2. The average Bonchev–Trinajstić information content (AvgIpc) is 3.67. The van der Waals surface area contributed by atoms with Crippen molar-refractivity contribution in [1.29, 1.82) is 0 Å². The van der Waals surface area contributed by atoms with Crippen molar-refractivity contribution >= 4 is 35.0 Å². The number of likely N-dealkylation sites (tertiary alicyclic amines) is 1. The lowest BCUT2D eigenvalue weighted by molar-refractivity contribution is -0.149. The molecule has 2 aromatic carbocycles. The Morgan fingerprint density at radius 2 is 1.59 bits per heavy atom. The average molecular weight is 761 g/mol. The van der Waals surface area contributed by atoms with E-state index in [2.05, 4.69) is 25.8 Å². The number of amides is 3. The molecule has 0 radical (unpaired) electrons. The number of carbonyl (C=O) groups is 4. The normalized spacial score (nSPS) is 18.1. The van der Waals surface area contributed by atoms with Crippen LogP contribution in [0.1, 0.15) is 106 Å². The minimum atomic E-state index is -0.664. The van der Waals surface area contributed by atoms with Crippen LogP contribution in [0.2, 0.25) is 0 Å². The third kappa shape index (κ3) is 12.7. The molecule has 7 atom stereocenters. The molecule has 12 heteroatoms. The summed E-state index contributed by atoms with van der Waals surface area (Å²) in [6, 6.07) is 17.3. The fourth-order valence-electron chi connectivity index (χ4n) is 6.81. The molecule has 1 saturated heterocycles. The standard InChI is InChI=1S/C42H60N6O5S/c1-7-28(4)37(47-39(50)36-20-14-15-21-48(36)6)40(51)45-34(27(2)3)24-33(43)41-46-35(26-54-41)38(49)44-32(23-30-16-10-8-11-17-30)22-29(5)42(52)53-25-31-18-12-9-13-19-31/h8-13,16-19,26-29,32-34,36-37H,7,14-15,20-25,43H2,1-6H3,(H,44,49)(H,45,51)(H,47,50)/t28-,29-,32+,33+,34+,36+,37-/m0/s1. The van der Waals surface area contributed by atoms with E-state index in [4.69, 9.17) is 10.5 Å². The fourth-order valence-corrected chi connectivity index (χ4v) is 7.62. The largest absolute Gasteiger partial charge is 0.461 e. The van der Waals surface area contributed by atoms with Crippen molar-refractivity contribution in [2.24, 2.45) is 23.5 Å². The molecule has 4 rings (SSSR count). The molecule has 0 saturated carbocycles. The predicted molar refractivity (Wildman–Crippen MR) is 214 cm³/mol. The molecule has 2 heterocycles. The van der Waals surface area contributed by atoms with E-state index in [0.717, 1.165) is 43.4 Å². The number of benzene rings is 2. The molecule has 1 aliphatic rings. The highest BCUT2D eigenvalue weighted by Gasteiger charge is 2.34. The van der Waals surface area contributed by atoms with Gasteiger partial charge >= 0.3 is 5.97 Å². The number of aromatic nitrogens is 1. The van der Waals surface area contributed by atoms with Crippen LogP contribution in [-0.2, 0) is 32.1 Å². The molecule has 294 valence electrons. The molecule has 1 aliphatic heterocycles. The Kier molecular flexibility index (Phi) is 16.6. The molecule has 3 aromatic rings. The molecule has 0 aliphatic carbocycles. The predicted octanol–water partition coefficient (Wildman–Crippen LogP) is 5.80. The molecule has 54 heavy (non-hydrogen) atoms. The van der Waals surface area contributed by atoms with Gasteiger partial charge in [0, 0.05) is 17.5 Å². The zero-order chi connectivity index (χ0) is 39.2. The second-order valence-electron chi connectivity index (χ2n) is 15.2. The van der Waals surface area contributed by atoms with Crippen LogP contribution in [0.4, 0.5) is 0 Å². The van der Waals surface area contributed by atoms with Crippen molar-refractivity contribution in [2.75, 3.05) is 13.6 Å². The van der Waals surface area contributed by atoms with Crippen LogP contribution in [0.15, 0.2) is 66.0 Å². The minimum absolute atomic E-state index is 0.0561. The van der Waals surface area contributed by atoms with Crippen LogP contribution >= 0.6 is 11.3 Å². The molecule has 0 unspecified atom stereocenters. The second-order valence-corrected chi connectivity index (χ2v) is 16.1. The molecule has 3 amide bonds. The van der Waals surface area contributed by atoms with Crippen molar-refractivity contribution in [2.45, 2.75) is 116 Å². The monoisotopic (exact) mass is 760 g/mol. The fraction of sp³-hybridized carbons (Fsp3) is 0.548. The Labute approximate surface area is 325 Å². The summed E-state index contributed by atoms with van der Waals surface area (Å²) in [6.07, 6.45) is 4.91.